The first-order chi connectivity index (χ1) is 18.3. The van der Waals surface area contributed by atoms with Gasteiger partial charge in [0.15, 0.2) is 6.10 Å². The Kier molecular flexibility index (Phi) is 8.35. The topological polar surface area (TPSA) is 102 Å². The van der Waals surface area contributed by atoms with Gasteiger partial charge in [0, 0.05) is 46.7 Å². The van der Waals surface area contributed by atoms with Gasteiger partial charge in [-0.25, -0.2) is 9.48 Å². The zero-order chi connectivity index (χ0) is 27.1. The van der Waals surface area contributed by atoms with E-state index in [0.29, 0.717) is 27.7 Å². The van der Waals surface area contributed by atoms with Gasteiger partial charge < -0.3 is 15.4 Å². The van der Waals surface area contributed by atoms with E-state index in [0.717, 1.165) is 11.3 Å². The predicted octanol–water partition coefficient (Wildman–Crippen LogP) is 5.73. The van der Waals surface area contributed by atoms with Crippen LogP contribution in [0, 0.1) is 0 Å². The number of benzene rings is 3. The van der Waals surface area contributed by atoms with Gasteiger partial charge in [0.1, 0.15) is 5.69 Å². The smallest absolute Gasteiger partial charge is 0.331 e. The molecule has 0 aliphatic carbocycles. The Morgan fingerprint density at radius 2 is 1.63 bits per heavy atom. The second-order valence-corrected chi connectivity index (χ2v) is 8.82. The number of anilines is 2. The SMILES string of the molecule is CC(=O)Nc1ccc(NC(=O)C(C)OC(=O)C=Cc2cn(-c3ccccc3)nc2-c2cccc(Cl)c2)cc1. The number of halogens is 1. The van der Waals surface area contributed by atoms with Crippen LogP contribution in [-0.4, -0.2) is 33.7 Å². The van der Waals surface area contributed by atoms with E-state index in [4.69, 9.17) is 21.4 Å². The van der Waals surface area contributed by atoms with Crippen molar-refractivity contribution in [1.29, 1.82) is 0 Å². The van der Waals surface area contributed by atoms with Crippen LogP contribution in [0.2, 0.25) is 5.02 Å². The molecule has 1 atom stereocenters. The van der Waals surface area contributed by atoms with E-state index in [9.17, 15) is 14.4 Å². The average Bonchev–Trinajstić information content (AvgIpc) is 3.33. The molecular formula is C29H25ClN4O4. The fourth-order valence-electron chi connectivity index (χ4n) is 3.59. The molecule has 2 N–H and O–H groups in total. The number of hydrogen-bond acceptors (Lipinski definition) is 5. The summed E-state index contributed by atoms with van der Waals surface area (Å²) in [7, 11) is 0. The number of rotatable bonds is 8. The van der Waals surface area contributed by atoms with Crippen LogP contribution in [0.1, 0.15) is 19.4 Å². The predicted molar refractivity (Wildman–Crippen MR) is 148 cm³/mol. The number of nitrogens with one attached hydrogen (secondary N) is 2. The third-order valence-corrected chi connectivity index (χ3v) is 5.63. The van der Waals surface area contributed by atoms with Gasteiger partial charge in [-0.15, -0.1) is 0 Å². The highest BCUT2D eigenvalue weighted by atomic mass is 35.5. The third kappa shape index (κ3) is 6.96. The molecule has 0 radical (unpaired) electrons. The van der Waals surface area contributed by atoms with Crippen LogP contribution >= 0.6 is 11.6 Å². The molecule has 0 saturated heterocycles. The minimum atomic E-state index is -1.04. The lowest BCUT2D eigenvalue weighted by atomic mass is 10.1. The summed E-state index contributed by atoms with van der Waals surface area (Å²) in [5, 5.41) is 10.6. The molecule has 8 nitrogen and oxygen atoms in total. The quantitative estimate of drug-likeness (QED) is 0.224. The summed E-state index contributed by atoms with van der Waals surface area (Å²) in [6.45, 7) is 2.89. The molecule has 1 heterocycles. The summed E-state index contributed by atoms with van der Waals surface area (Å²) in [4.78, 5) is 36.2. The lowest BCUT2D eigenvalue weighted by Crippen LogP contribution is -2.29. The Morgan fingerprint density at radius 1 is 0.947 bits per heavy atom. The Balaban J connectivity index is 1.45. The fourth-order valence-corrected chi connectivity index (χ4v) is 3.78. The molecule has 0 bridgehead atoms. The van der Waals surface area contributed by atoms with Crippen molar-refractivity contribution >= 4 is 46.8 Å². The molecule has 0 saturated carbocycles. The fraction of sp³-hybridized carbons (Fsp3) is 0.103. The molecule has 1 unspecified atom stereocenters. The number of amides is 2. The van der Waals surface area contributed by atoms with E-state index >= 15 is 0 Å². The molecule has 3 aromatic carbocycles. The van der Waals surface area contributed by atoms with Gasteiger partial charge >= 0.3 is 5.97 Å². The molecule has 1 aromatic heterocycles. The molecule has 0 aliphatic heterocycles. The van der Waals surface area contributed by atoms with Gasteiger partial charge in [0.05, 0.1) is 5.69 Å². The third-order valence-electron chi connectivity index (χ3n) is 5.40. The highest BCUT2D eigenvalue weighted by molar-refractivity contribution is 6.30. The van der Waals surface area contributed by atoms with Crippen LogP contribution < -0.4 is 10.6 Å². The minimum Gasteiger partial charge on any atom is -0.449 e. The van der Waals surface area contributed by atoms with Gasteiger partial charge in [-0.05, 0) is 61.5 Å². The number of carbonyl (C=O) groups is 3. The summed E-state index contributed by atoms with van der Waals surface area (Å²) in [5.74, 6) is -1.36. The second kappa shape index (κ2) is 12.0. The first-order valence-electron chi connectivity index (χ1n) is 11.8. The Morgan fingerprint density at radius 3 is 2.29 bits per heavy atom. The molecule has 9 heteroatoms. The van der Waals surface area contributed by atoms with Crippen molar-refractivity contribution in [2.45, 2.75) is 20.0 Å². The number of nitrogens with zero attached hydrogens (tertiary/aromatic N) is 2. The Labute approximate surface area is 224 Å². The van der Waals surface area contributed by atoms with E-state index in [1.807, 2.05) is 42.5 Å². The monoisotopic (exact) mass is 528 g/mol. The van der Waals surface area contributed by atoms with Gasteiger partial charge in [-0.2, -0.15) is 5.10 Å². The average molecular weight is 529 g/mol. The number of aromatic nitrogens is 2. The maximum Gasteiger partial charge on any atom is 0.331 e. The van der Waals surface area contributed by atoms with Gasteiger partial charge in [-0.1, -0.05) is 41.9 Å². The second-order valence-electron chi connectivity index (χ2n) is 8.38. The first-order valence-corrected chi connectivity index (χ1v) is 12.1. The van der Waals surface area contributed by atoms with E-state index in [2.05, 4.69) is 10.6 Å². The number of ether oxygens (including phenoxy) is 1. The zero-order valence-corrected chi connectivity index (χ0v) is 21.5. The number of carbonyl (C=O) groups excluding carboxylic acids is 3. The van der Waals surface area contributed by atoms with Gasteiger partial charge in [-0.3, -0.25) is 9.59 Å². The maximum absolute atomic E-state index is 12.5. The molecule has 4 rings (SSSR count). The largest absolute Gasteiger partial charge is 0.449 e. The Bertz CT molecular complexity index is 1480. The summed E-state index contributed by atoms with van der Waals surface area (Å²) in [6.07, 6.45) is 3.61. The summed E-state index contributed by atoms with van der Waals surface area (Å²) in [6, 6.07) is 23.4. The standard InChI is InChI=1S/C29H25ClN4O4/c1-19(29(37)32-25-14-12-24(13-15-25)31-20(2)35)38-27(36)16-11-22-18-34(26-9-4-3-5-10-26)33-28(22)21-7-6-8-23(30)17-21/h3-19H,1-2H3,(H,31,35)(H,32,37). The van der Waals surface area contributed by atoms with Crippen LogP contribution in [0.5, 0.6) is 0 Å². The van der Waals surface area contributed by atoms with Crippen molar-refractivity contribution in [2.24, 2.45) is 0 Å². The summed E-state index contributed by atoms with van der Waals surface area (Å²) >= 11 is 6.19. The molecule has 0 aliphatic rings. The van der Waals surface area contributed by atoms with Crippen molar-refractivity contribution in [3.8, 4) is 16.9 Å². The lowest BCUT2D eigenvalue weighted by molar-refractivity contribution is -0.148. The van der Waals surface area contributed by atoms with Crippen molar-refractivity contribution in [1.82, 2.24) is 9.78 Å². The molecule has 0 spiro atoms. The number of esters is 1. The molecule has 2 amide bonds. The zero-order valence-electron chi connectivity index (χ0n) is 20.7. The maximum atomic E-state index is 12.5. The van der Waals surface area contributed by atoms with E-state index in [-0.39, 0.29) is 5.91 Å². The highest BCUT2D eigenvalue weighted by Crippen LogP contribution is 2.27. The number of hydrogen-bond donors (Lipinski definition) is 2. The molecule has 0 fully saturated rings. The van der Waals surface area contributed by atoms with E-state index < -0.39 is 18.0 Å². The van der Waals surface area contributed by atoms with Crippen molar-refractivity contribution in [3.63, 3.8) is 0 Å². The lowest BCUT2D eigenvalue weighted by Gasteiger charge is -2.12. The van der Waals surface area contributed by atoms with Crippen LogP contribution in [0.15, 0.2) is 91.1 Å². The summed E-state index contributed by atoms with van der Waals surface area (Å²) in [5.41, 5.74) is 4.05. The molecular weight excluding hydrogens is 504 g/mol. The van der Waals surface area contributed by atoms with E-state index in [1.165, 1.54) is 19.9 Å². The minimum absolute atomic E-state index is 0.192. The normalized spacial score (nSPS) is 11.7. The van der Waals surface area contributed by atoms with E-state index in [1.54, 1.807) is 53.4 Å². The van der Waals surface area contributed by atoms with Crippen LogP contribution in [0.25, 0.3) is 23.0 Å². The number of para-hydroxylation sites is 1. The highest BCUT2D eigenvalue weighted by Gasteiger charge is 2.17. The summed E-state index contributed by atoms with van der Waals surface area (Å²) < 4.78 is 7.01. The molecule has 38 heavy (non-hydrogen) atoms. The Hall–Kier alpha value is -4.69. The van der Waals surface area contributed by atoms with Gasteiger partial charge in [0.2, 0.25) is 5.91 Å². The van der Waals surface area contributed by atoms with Crippen LogP contribution in [0.3, 0.4) is 0 Å². The van der Waals surface area contributed by atoms with Crippen molar-refractivity contribution in [3.05, 3.63) is 102 Å². The van der Waals surface area contributed by atoms with Crippen LogP contribution in [-0.2, 0) is 19.1 Å². The first kappa shape index (κ1) is 26.4. The van der Waals surface area contributed by atoms with Crippen LogP contribution in [0.4, 0.5) is 11.4 Å². The molecule has 192 valence electrons. The van der Waals surface area contributed by atoms with Crippen molar-refractivity contribution < 1.29 is 19.1 Å². The van der Waals surface area contributed by atoms with Gasteiger partial charge in [0.25, 0.3) is 5.91 Å². The van der Waals surface area contributed by atoms with Crippen molar-refractivity contribution in [2.75, 3.05) is 10.6 Å². The molecule has 4 aromatic rings.